The molecule has 1 fully saturated rings. The smallest absolute Gasteiger partial charge is 0.165 e. The summed E-state index contributed by atoms with van der Waals surface area (Å²) in [6, 6.07) is 0. The Hall–Kier alpha value is -0.490. The van der Waals surface area contributed by atoms with Crippen molar-refractivity contribution >= 4 is 5.78 Å². The van der Waals surface area contributed by atoms with Crippen molar-refractivity contribution in [1.82, 2.24) is 9.80 Å². The first-order valence-electron chi connectivity index (χ1n) is 16.6. The maximum Gasteiger partial charge on any atom is 0.165 e. The Morgan fingerprint density at radius 1 is 0.632 bits per heavy atom. The number of unbranched alkanes of at least 4 members (excludes halogenated alkanes) is 10. The van der Waals surface area contributed by atoms with Gasteiger partial charge in [0.2, 0.25) is 0 Å². The fraction of sp³-hybridized carbons (Fsp3) is 0.970. The molecule has 1 heterocycles. The SMILES string of the molecule is CCCCCCCCCCCCOC(C)(CC)CCOC(C)(CC)C(=O)CCN1CCN(CCCC)CC1. The van der Waals surface area contributed by atoms with Crippen LogP contribution in [0.25, 0.3) is 0 Å². The molecule has 1 aliphatic rings. The Morgan fingerprint density at radius 3 is 1.68 bits per heavy atom. The van der Waals surface area contributed by atoms with Crippen LogP contribution < -0.4 is 0 Å². The number of Topliss-reactive ketones (excluding diaryl/α,β-unsaturated/α-hetero) is 1. The molecule has 0 N–H and O–H groups in total. The molecular weight excluding hydrogens is 472 g/mol. The van der Waals surface area contributed by atoms with Crippen molar-refractivity contribution in [2.45, 2.75) is 155 Å². The highest BCUT2D eigenvalue weighted by Crippen LogP contribution is 2.25. The van der Waals surface area contributed by atoms with E-state index < -0.39 is 5.60 Å². The van der Waals surface area contributed by atoms with Crippen molar-refractivity contribution in [3.8, 4) is 0 Å². The zero-order valence-corrected chi connectivity index (χ0v) is 26.6. The lowest BCUT2D eigenvalue weighted by Gasteiger charge is -2.35. The molecule has 0 saturated carbocycles. The molecule has 226 valence electrons. The number of ketones is 1. The molecule has 5 nitrogen and oxygen atoms in total. The van der Waals surface area contributed by atoms with E-state index >= 15 is 0 Å². The van der Waals surface area contributed by atoms with Gasteiger partial charge >= 0.3 is 0 Å². The number of carbonyl (C=O) groups excluding carboxylic acids is 1. The predicted molar refractivity (Wildman–Crippen MR) is 163 cm³/mol. The lowest BCUT2D eigenvalue weighted by molar-refractivity contribution is -0.147. The van der Waals surface area contributed by atoms with Gasteiger partial charge in [0, 0.05) is 45.8 Å². The predicted octanol–water partition coefficient (Wildman–Crippen LogP) is 8.04. The summed E-state index contributed by atoms with van der Waals surface area (Å²) in [5, 5.41) is 0. The summed E-state index contributed by atoms with van der Waals surface area (Å²) in [6.45, 7) is 20.9. The summed E-state index contributed by atoms with van der Waals surface area (Å²) < 4.78 is 12.6. The van der Waals surface area contributed by atoms with Gasteiger partial charge in [-0.05, 0) is 52.5 Å². The molecule has 0 aromatic carbocycles. The van der Waals surface area contributed by atoms with Gasteiger partial charge in [-0.15, -0.1) is 0 Å². The molecule has 0 spiro atoms. The van der Waals surface area contributed by atoms with Gasteiger partial charge in [-0.1, -0.05) is 91.9 Å². The van der Waals surface area contributed by atoms with Gasteiger partial charge in [0.05, 0.1) is 12.2 Å². The number of hydrogen-bond acceptors (Lipinski definition) is 5. The van der Waals surface area contributed by atoms with Crippen molar-refractivity contribution in [2.75, 3.05) is 52.5 Å². The molecule has 5 heteroatoms. The Labute approximate surface area is 237 Å². The van der Waals surface area contributed by atoms with Crippen LogP contribution in [0, 0.1) is 0 Å². The summed E-state index contributed by atoms with van der Waals surface area (Å²) in [7, 11) is 0. The highest BCUT2D eigenvalue weighted by molar-refractivity contribution is 5.87. The zero-order chi connectivity index (χ0) is 28.1. The third-order valence-electron chi connectivity index (χ3n) is 8.96. The number of nitrogens with zero attached hydrogens (tertiary/aromatic N) is 2. The second kappa shape index (κ2) is 21.3. The van der Waals surface area contributed by atoms with Gasteiger partial charge in [0.15, 0.2) is 5.78 Å². The minimum atomic E-state index is -0.686. The molecular formula is C33H66N2O3. The van der Waals surface area contributed by atoms with Crippen LogP contribution in [0.4, 0.5) is 0 Å². The zero-order valence-electron chi connectivity index (χ0n) is 26.6. The first kappa shape index (κ1) is 35.5. The number of hydrogen-bond donors (Lipinski definition) is 0. The van der Waals surface area contributed by atoms with E-state index in [1.165, 1.54) is 77.2 Å². The molecule has 0 bridgehead atoms. The van der Waals surface area contributed by atoms with Crippen LogP contribution in [0.1, 0.15) is 144 Å². The molecule has 0 amide bonds. The van der Waals surface area contributed by atoms with Gasteiger partial charge in [-0.25, -0.2) is 0 Å². The molecule has 38 heavy (non-hydrogen) atoms. The van der Waals surface area contributed by atoms with Crippen molar-refractivity contribution in [3.05, 3.63) is 0 Å². The largest absolute Gasteiger partial charge is 0.375 e. The lowest BCUT2D eigenvalue weighted by atomic mass is 9.94. The standard InChI is InChI=1S/C33H66N2O3/c1-7-11-13-14-15-16-17-18-19-20-29-37-32(5,9-3)22-30-38-33(6,10-4)31(36)21-24-35-27-25-34(26-28-35)23-12-8-2/h7-30H2,1-6H3. The quantitative estimate of drug-likeness (QED) is 0.110. The maximum atomic E-state index is 13.2. The minimum absolute atomic E-state index is 0.172. The van der Waals surface area contributed by atoms with Crippen LogP contribution in [0.2, 0.25) is 0 Å². The van der Waals surface area contributed by atoms with Crippen molar-refractivity contribution in [1.29, 1.82) is 0 Å². The number of rotatable bonds is 25. The van der Waals surface area contributed by atoms with Crippen LogP contribution in [0.15, 0.2) is 0 Å². The van der Waals surface area contributed by atoms with E-state index in [0.717, 1.165) is 65.0 Å². The second-order valence-corrected chi connectivity index (χ2v) is 12.2. The molecule has 2 atom stereocenters. The normalized spacial score (nSPS) is 18.4. The molecule has 2 unspecified atom stereocenters. The summed E-state index contributed by atoms with van der Waals surface area (Å²) in [6.07, 6.45) is 19.1. The van der Waals surface area contributed by atoms with Crippen LogP contribution in [-0.4, -0.2) is 79.3 Å². The third-order valence-corrected chi connectivity index (χ3v) is 8.96. The summed E-state index contributed by atoms with van der Waals surface area (Å²) in [5.74, 6) is 0.248. The fourth-order valence-corrected chi connectivity index (χ4v) is 5.27. The van der Waals surface area contributed by atoms with Gasteiger partial charge in [-0.3, -0.25) is 4.79 Å². The van der Waals surface area contributed by atoms with Crippen LogP contribution >= 0.6 is 0 Å². The molecule has 0 aliphatic carbocycles. The van der Waals surface area contributed by atoms with Crippen molar-refractivity contribution < 1.29 is 14.3 Å². The van der Waals surface area contributed by atoms with Crippen LogP contribution in [-0.2, 0) is 14.3 Å². The first-order chi connectivity index (χ1) is 18.3. The molecule has 1 rings (SSSR count). The molecule has 1 saturated heterocycles. The fourth-order valence-electron chi connectivity index (χ4n) is 5.27. The van der Waals surface area contributed by atoms with Crippen LogP contribution in [0.5, 0.6) is 0 Å². The summed E-state index contributed by atoms with van der Waals surface area (Å²) in [5.41, 5.74) is -0.859. The van der Waals surface area contributed by atoms with Gasteiger partial charge in [0.1, 0.15) is 5.60 Å². The number of ether oxygens (including phenoxy) is 2. The Morgan fingerprint density at radius 2 is 1.16 bits per heavy atom. The van der Waals surface area contributed by atoms with E-state index in [1.54, 1.807) is 0 Å². The minimum Gasteiger partial charge on any atom is -0.375 e. The van der Waals surface area contributed by atoms with Crippen LogP contribution in [0.3, 0.4) is 0 Å². The van der Waals surface area contributed by atoms with E-state index in [0.29, 0.717) is 13.0 Å². The lowest BCUT2D eigenvalue weighted by Crippen LogP contribution is -2.48. The Kier molecular flexibility index (Phi) is 19.9. The van der Waals surface area contributed by atoms with E-state index in [-0.39, 0.29) is 11.4 Å². The van der Waals surface area contributed by atoms with Gasteiger partial charge in [0.25, 0.3) is 0 Å². The van der Waals surface area contributed by atoms with Gasteiger partial charge < -0.3 is 19.3 Å². The van der Waals surface area contributed by atoms with Crippen molar-refractivity contribution in [3.63, 3.8) is 0 Å². The third kappa shape index (κ3) is 15.3. The average molecular weight is 539 g/mol. The molecule has 0 radical (unpaired) electrons. The molecule has 0 aromatic heterocycles. The van der Waals surface area contributed by atoms with E-state index in [2.05, 4.69) is 44.4 Å². The topological polar surface area (TPSA) is 42.0 Å². The number of carbonyl (C=O) groups is 1. The average Bonchev–Trinajstić information content (AvgIpc) is 2.93. The Bertz CT molecular complexity index is 579. The number of piperazine rings is 1. The molecule has 0 aromatic rings. The van der Waals surface area contributed by atoms with Crippen molar-refractivity contribution in [2.24, 2.45) is 0 Å². The summed E-state index contributed by atoms with van der Waals surface area (Å²) >= 11 is 0. The van der Waals surface area contributed by atoms with E-state index in [9.17, 15) is 4.79 Å². The van der Waals surface area contributed by atoms with Gasteiger partial charge in [-0.2, -0.15) is 0 Å². The second-order valence-electron chi connectivity index (χ2n) is 12.2. The Balaban J connectivity index is 2.24. The highest BCUT2D eigenvalue weighted by atomic mass is 16.5. The van der Waals surface area contributed by atoms with E-state index in [4.69, 9.17) is 9.47 Å². The van der Waals surface area contributed by atoms with E-state index in [1.807, 2.05) is 6.92 Å². The summed E-state index contributed by atoms with van der Waals surface area (Å²) in [4.78, 5) is 18.2. The monoisotopic (exact) mass is 539 g/mol. The highest BCUT2D eigenvalue weighted by Gasteiger charge is 2.33. The molecule has 1 aliphatic heterocycles. The maximum absolute atomic E-state index is 13.2. The first-order valence-corrected chi connectivity index (χ1v) is 16.6.